The van der Waals surface area contributed by atoms with Gasteiger partial charge in [-0.3, -0.25) is 9.59 Å². The molecule has 1 heterocycles. The largest absolute Gasteiger partial charge is 0.369 e. The maximum absolute atomic E-state index is 11.8. The Balaban J connectivity index is 2.03. The van der Waals surface area contributed by atoms with Crippen molar-refractivity contribution in [2.24, 2.45) is 11.7 Å². The molecule has 1 aromatic carbocycles. The Hall–Kier alpha value is -1.84. The molecule has 84 valence electrons. The first-order valence-corrected chi connectivity index (χ1v) is 5.30. The van der Waals surface area contributed by atoms with Crippen LogP contribution >= 0.6 is 0 Å². The van der Waals surface area contributed by atoms with E-state index in [2.05, 4.69) is 0 Å². The van der Waals surface area contributed by atoms with Gasteiger partial charge >= 0.3 is 0 Å². The van der Waals surface area contributed by atoms with E-state index in [1.165, 1.54) is 0 Å². The molecular weight excluding hydrogens is 204 g/mol. The van der Waals surface area contributed by atoms with E-state index in [-0.39, 0.29) is 5.91 Å². The Labute approximate surface area is 94.0 Å². The first-order chi connectivity index (χ1) is 7.68. The molecule has 1 aliphatic heterocycles. The van der Waals surface area contributed by atoms with Crippen molar-refractivity contribution in [3.8, 4) is 0 Å². The summed E-state index contributed by atoms with van der Waals surface area (Å²) >= 11 is 0. The summed E-state index contributed by atoms with van der Waals surface area (Å²) in [6, 6.07) is 9.72. The zero-order valence-electron chi connectivity index (χ0n) is 8.93. The first-order valence-electron chi connectivity index (χ1n) is 5.30. The molecule has 0 spiro atoms. The van der Waals surface area contributed by atoms with E-state index in [0.29, 0.717) is 19.5 Å². The molecule has 1 unspecified atom stereocenters. The molecule has 1 aromatic rings. The molecule has 2 amide bonds. The lowest BCUT2D eigenvalue weighted by molar-refractivity contribution is -0.136. The highest BCUT2D eigenvalue weighted by Gasteiger charge is 2.35. The molecular formula is C12H14N2O2. The van der Waals surface area contributed by atoms with Crippen molar-refractivity contribution >= 4 is 11.8 Å². The van der Waals surface area contributed by atoms with Gasteiger partial charge in [-0.25, -0.2) is 0 Å². The molecule has 2 N–H and O–H groups in total. The van der Waals surface area contributed by atoms with Crippen molar-refractivity contribution in [2.75, 3.05) is 6.54 Å². The Kier molecular flexibility index (Phi) is 2.90. The van der Waals surface area contributed by atoms with Gasteiger partial charge in [0, 0.05) is 13.1 Å². The van der Waals surface area contributed by atoms with Crippen molar-refractivity contribution in [3.63, 3.8) is 0 Å². The molecule has 1 aliphatic rings. The second kappa shape index (κ2) is 4.35. The molecule has 0 aromatic heterocycles. The molecule has 1 fully saturated rings. The second-order valence-corrected chi connectivity index (χ2v) is 3.99. The zero-order chi connectivity index (χ0) is 11.5. The third-order valence-electron chi connectivity index (χ3n) is 2.86. The SMILES string of the molecule is NC(=O)C1CCN(Cc2ccccc2)C1=O. The van der Waals surface area contributed by atoms with Crippen LogP contribution in [0.5, 0.6) is 0 Å². The third-order valence-corrected chi connectivity index (χ3v) is 2.86. The van der Waals surface area contributed by atoms with E-state index >= 15 is 0 Å². The molecule has 1 saturated heterocycles. The molecule has 0 aliphatic carbocycles. The minimum atomic E-state index is -0.622. The number of hydrogen-bond donors (Lipinski definition) is 1. The van der Waals surface area contributed by atoms with Gasteiger partial charge < -0.3 is 10.6 Å². The fourth-order valence-corrected chi connectivity index (χ4v) is 1.96. The van der Waals surface area contributed by atoms with Crippen molar-refractivity contribution in [1.82, 2.24) is 4.90 Å². The number of nitrogens with zero attached hydrogens (tertiary/aromatic N) is 1. The van der Waals surface area contributed by atoms with Crippen molar-refractivity contribution in [2.45, 2.75) is 13.0 Å². The van der Waals surface area contributed by atoms with Gasteiger partial charge in [0.05, 0.1) is 0 Å². The summed E-state index contributed by atoms with van der Waals surface area (Å²) in [6.45, 7) is 1.17. The Bertz CT molecular complexity index is 403. The van der Waals surface area contributed by atoms with Crippen LogP contribution in [0.25, 0.3) is 0 Å². The van der Waals surface area contributed by atoms with Crippen molar-refractivity contribution < 1.29 is 9.59 Å². The quantitative estimate of drug-likeness (QED) is 0.752. The van der Waals surface area contributed by atoms with Crippen LogP contribution < -0.4 is 5.73 Å². The Morgan fingerprint density at radius 3 is 2.62 bits per heavy atom. The van der Waals surface area contributed by atoms with Gasteiger partial charge in [0.15, 0.2) is 0 Å². The number of likely N-dealkylation sites (tertiary alicyclic amines) is 1. The standard InChI is InChI=1S/C12H14N2O2/c13-11(15)10-6-7-14(12(10)16)8-9-4-2-1-3-5-9/h1-5,10H,6-8H2,(H2,13,15). The topological polar surface area (TPSA) is 63.4 Å². The fourth-order valence-electron chi connectivity index (χ4n) is 1.96. The number of primary amides is 1. The van der Waals surface area contributed by atoms with E-state index < -0.39 is 11.8 Å². The summed E-state index contributed by atoms with van der Waals surface area (Å²) in [4.78, 5) is 24.4. The summed E-state index contributed by atoms with van der Waals surface area (Å²) in [5, 5.41) is 0. The van der Waals surface area contributed by atoms with E-state index in [9.17, 15) is 9.59 Å². The number of benzene rings is 1. The van der Waals surface area contributed by atoms with Gasteiger partial charge in [0.2, 0.25) is 11.8 Å². The monoisotopic (exact) mass is 218 g/mol. The molecule has 0 bridgehead atoms. The molecule has 2 rings (SSSR count). The lowest BCUT2D eigenvalue weighted by atomic mass is 10.1. The van der Waals surface area contributed by atoms with Gasteiger partial charge in [-0.1, -0.05) is 30.3 Å². The summed E-state index contributed by atoms with van der Waals surface area (Å²) in [5.41, 5.74) is 6.23. The summed E-state index contributed by atoms with van der Waals surface area (Å²) in [7, 11) is 0. The molecule has 0 saturated carbocycles. The lowest BCUT2D eigenvalue weighted by Crippen LogP contribution is -2.33. The minimum absolute atomic E-state index is 0.142. The molecule has 16 heavy (non-hydrogen) atoms. The summed E-state index contributed by atoms with van der Waals surface area (Å²) in [5.74, 6) is -1.28. The normalized spacial score (nSPS) is 20.1. The second-order valence-electron chi connectivity index (χ2n) is 3.99. The average molecular weight is 218 g/mol. The van der Waals surface area contributed by atoms with Crippen LogP contribution in [-0.4, -0.2) is 23.3 Å². The number of amides is 2. The average Bonchev–Trinajstić information content (AvgIpc) is 2.62. The van der Waals surface area contributed by atoms with Gasteiger partial charge in [-0.05, 0) is 12.0 Å². The summed E-state index contributed by atoms with van der Waals surface area (Å²) in [6.07, 6.45) is 0.543. The predicted molar refractivity (Wildman–Crippen MR) is 59.2 cm³/mol. The molecule has 4 nitrogen and oxygen atoms in total. The van der Waals surface area contributed by atoms with Crippen LogP contribution in [-0.2, 0) is 16.1 Å². The molecule has 0 radical (unpaired) electrons. The van der Waals surface area contributed by atoms with Crippen LogP contribution in [0.2, 0.25) is 0 Å². The zero-order valence-corrected chi connectivity index (χ0v) is 8.93. The smallest absolute Gasteiger partial charge is 0.235 e. The third kappa shape index (κ3) is 2.05. The Morgan fingerprint density at radius 1 is 1.38 bits per heavy atom. The van der Waals surface area contributed by atoms with Crippen LogP contribution in [0, 0.1) is 5.92 Å². The highest BCUT2D eigenvalue weighted by atomic mass is 16.2. The lowest BCUT2D eigenvalue weighted by Gasteiger charge is -2.15. The van der Waals surface area contributed by atoms with Gasteiger partial charge in [0.25, 0.3) is 0 Å². The van der Waals surface area contributed by atoms with E-state index in [0.717, 1.165) is 5.56 Å². The van der Waals surface area contributed by atoms with E-state index in [4.69, 9.17) is 5.73 Å². The highest BCUT2D eigenvalue weighted by molar-refractivity contribution is 6.00. The van der Waals surface area contributed by atoms with Crippen LogP contribution in [0.4, 0.5) is 0 Å². The summed E-state index contributed by atoms with van der Waals surface area (Å²) < 4.78 is 0. The predicted octanol–water partition coefficient (Wildman–Crippen LogP) is 0.520. The first kappa shape index (κ1) is 10.7. The van der Waals surface area contributed by atoms with Crippen LogP contribution in [0.1, 0.15) is 12.0 Å². The van der Waals surface area contributed by atoms with Crippen LogP contribution in [0.15, 0.2) is 30.3 Å². The number of hydrogen-bond acceptors (Lipinski definition) is 2. The number of carbonyl (C=O) groups excluding carboxylic acids is 2. The maximum atomic E-state index is 11.8. The number of carbonyl (C=O) groups is 2. The maximum Gasteiger partial charge on any atom is 0.235 e. The Morgan fingerprint density at radius 2 is 2.06 bits per heavy atom. The van der Waals surface area contributed by atoms with E-state index in [1.54, 1.807) is 4.90 Å². The van der Waals surface area contributed by atoms with Crippen molar-refractivity contribution in [3.05, 3.63) is 35.9 Å². The van der Waals surface area contributed by atoms with Gasteiger partial charge in [0.1, 0.15) is 5.92 Å². The minimum Gasteiger partial charge on any atom is -0.369 e. The number of nitrogens with two attached hydrogens (primary N) is 1. The van der Waals surface area contributed by atoms with Gasteiger partial charge in [-0.15, -0.1) is 0 Å². The highest BCUT2D eigenvalue weighted by Crippen LogP contribution is 2.19. The van der Waals surface area contributed by atoms with Crippen LogP contribution in [0.3, 0.4) is 0 Å². The van der Waals surface area contributed by atoms with E-state index in [1.807, 2.05) is 30.3 Å². The fraction of sp³-hybridized carbons (Fsp3) is 0.333. The molecule has 4 heteroatoms. The number of rotatable bonds is 3. The van der Waals surface area contributed by atoms with Gasteiger partial charge in [-0.2, -0.15) is 0 Å². The molecule has 1 atom stereocenters. The van der Waals surface area contributed by atoms with Crippen molar-refractivity contribution in [1.29, 1.82) is 0 Å².